The standard InChI is InChI=1S/C15H14BrCl2NS/c1-9(19)15(10-2-4-11(16)5-3-10)20-14-8-12(17)6-7-13(14)18/h2-9,15H,19H2,1H3. The normalized spacial score (nSPS) is 14.1. The molecule has 2 N–H and O–H groups in total. The summed E-state index contributed by atoms with van der Waals surface area (Å²) >= 11 is 17.3. The zero-order valence-corrected chi connectivity index (χ0v) is 14.7. The molecule has 0 spiro atoms. The van der Waals surface area contributed by atoms with Crippen molar-refractivity contribution in [3.05, 3.63) is 62.5 Å². The minimum Gasteiger partial charge on any atom is -0.327 e. The van der Waals surface area contributed by atoms with Gasteiger partial charge in [0, 0.05) is 25.7 Å². The first-order chi connectivity index (χ1) is 9.47. The smallest absolute Gasteiger partial charge is 0.0543 e. The molecule has 2 unspecified atom stereocenters. The van der Waals surface area contributed by atoms with Gasteiger partial charge in [0.25, 0.3) is 0 Å². The lowest BCUT2D eigenvalue weighted by atomic mass is 10.1. The first kappa shape index (κ1) is 16.2. The van der Waals surface area contributed by atoms with Crippen molar-refractivity contribution in [2.75, 3.05) is 0 Å². The maximum Gasteiger partial charge on any atom is 0.0543 e. The van der Waals surface area contributed by atoms with Gasteiger partial charge in [-0.2, -0.15) is 0 Å². The molecule has 2 aromatic carbocycles. The summed E-state index contributed by atoms with van der Waals surface area (Å²) in [5, 5.41) is 1.50. The van der Waals surface area contributed by atoms with Crippen LogP contribution in [0.1, 0.15) is 17.7 Å². The van der Waals surface area contributed by atoms with E-state index < -0.39 is 0 Å². The molecule has 20 heavy (non-hydrogen) atoms. The molecule has 2 atom stereocenters. The van der Waals surface area contributed by atoms with Gasteiger partial charge < -0.3 is 5.73 Å². The fourth-order valence-corrected chi connectivity index (χ4v) is 3.75. The number of nitrogens with two attached hydrogens (primary N) is 1. The van der Waals surface area contributed by atoms with Crippen molar-refractivity contribution in [2.24, 2.45) is 5.73 Å². The van der Waals surface area contributed by atoms with Crippen LogP contribution in [0.2, 0.25) is 10.0 Å². The molecule has 2 rings (SSSR count). The molecule has 0 amide bonds. The molecule has 0 radical (unpaired) electrons. The Bertz CT molecular complexity index is 587. The fraction of sp³-hybridized carbons (Fsp3) is 0.200. The van der Waals surface area contributed by atoms with Gasteiger partial charge >= 0.3 is 0 Å². The van der Waals surface area contributed by atoms with E-state index in [9.17, 15) is 0 Å². The van der Waals surface area contributed by atoms with Crippen molar-refractivity contribution in [3.8, 4) is 0 Å². The predicted molar refractivity (Wildman–Crippen MR) is 92.9 cm³/mol. The van der Waals surface area contributed by atoms with Gasteiger partial charge in [-0.1, -0.05) is 51.3 Å². The number of hydrogen-bond acceptors (Lipinski definition) is 2. The maximum atomic E-state index is 6.23. The van der Waals surface area contributed by atoms with Crippen molar-refractivity contribution in [1.29, 1.82) is 0 Å². The molecule has 106 valence electrons. The summed E-state index contributed by atoms with van der Waals surface area (Å²) in [4.78, 5) is 0.949. The Morgan fingerprint density at radius 1 is 1.10 bits per heavy atom. The summed E-state index contributed by atoms with van der Waals surface area (Å²) in [6, 6.07) is 13.7. The quantitative estimate of drug-likeness (QED) is 0.654. The lowest BCUT2D eigenvalue weighted by molar-refractivity contribution is 0.721. The minimum absolute atomic E-state index is 0.00350. The van der Waals surface area contributed by atoms with Crippen molar-refractivity contribution >= 4 is 50.9 Å². The number of halogens is 3. The molecule has 0 aromatic heterocycles. The Morgan fingerprint density at radius 3 is 2.35 bits per heavy atom. The van der Waals surface area contributed by atoms with Crippen LogP contribution in [0.3, 0.4) is 0 Å². The van der Waals surface area contributed by atoms with Crippen LogP contribution in [0, 0.1) is 0 Å². The van der Waals surface area contributed by atoms with Gasteiger partial charge in [0.15, 0.2) is 0 Å². The van der Waals surface area contributed by atoms with Gasteiger partial charge in [-0.25, -0.2) is 0 Å². The monoisotopic (exact) mass is 389 g/mol. The van der Waals surface area contributed by atoms with Crippen molar-refractivity contribution < 1.29 is 0 Å². The molecule has 0 bridgehead atoms. The Kier molecular flexibility index (Phi) is 5.82. The van der Waals surface area contributed by atoms with Crippen LogP contribution in [-0.4, -0.2) is 6.04 Å². The van der Waals surface area contributed by atoms with E-state index in [1.807, 2.05) is 31.2 Å². The zero-order valence-electron chi connectivity index (χ0n) is 10.8. The first-order valence-electron chi connectivity index (χ1n) is 6.10. The van der Waals surface area contributed by atoms with E-state index in [1.165, 1.54) is 5.56 Å². The number of hydrogen-bond donors (Lipinski definition) is 1. The summed E-state index contributed by atoms with van der Waals surface area (Å²) in [6.07, 6.45) is 0. The Morgan fingerprint density at radius 2 is 1.75 bits per heavy atom. The molecule has 1 nitrogen and oxygen atoms in total. The third-order valence-electron chi connectivity index (χ3n) is 2.82. The number of thioether (sulfide) groups is 1. The van der Waals surface area contributed by atoms with E-state index in [1.54, 1.807) is 17.8 Å². The van der Waals surface area contributed by atoms with Crippen LogP contribution in [-0.2, 0) is 0 Å². The summed E-state index contributed by atoms with van der Waals surface area (Å²) < 4.78 is 1.05. The molecule has 0 aliphatic carbocycles. The Balaban J connectivity index is 2.30. The maximum absolute atomic E-state index is 6.23. The Hall–Kier alpha value is -0.190. The highest BCUT2D eigenvalue weighted by molar-refractivity contribution is 9.10. The third-order valence-corrected chi connectivity index (χ3v) is 5.58. The lowest BCUT2D eigenvalue weighted by Crippen LogP contribution is -2.22. The van der Waals surface area contributed by atoms with Crippen LogP contribution < -0.4 is 5.73 Å². The second kappa shape index (κ2) is 7.19. The highest BCUT2D eigenvalue weighted by Gasteiger charge is 2.19. The van der Waals surface area contributed by atoms with Crippen LogP contribution in [0.4, 0.5) is 0 Å². The molecule has 0 aliphatic rings. The Labute approximate surface area is 142 Å². The van der Waals surface area contributed by atoms with E-state index in [2.05, 4.69) is 28.1 Å². The van der Waals surface area contributed by atoms with Gasteiger partial charge in [-0.05, 0) is 42.8 Å². The fourth-order valence-electron chi connectivity index (χ4n) is 1.84. The highest BCUT2D eigenvalue weighted by atomic mass is 79.9. The van der Waals surface area contributed by atoms with Crippen LogP contribution >= 0.6 is 50.9 Å². The van der Waals surface area contributed by atoms with Gasteiger partial charge in [0.05, 0.1) is 5.02 Å². The van der Waals surface area contributed by atoms with Gasteiger partial charge in [-0.3, -0.25) is 0 Å². The molecule has 2 aromatic rings. The number of rotatable bonds is 4. The molecule has 0 aliphatic heterocycles. The number of benzene rings is 2. The predicted octanol–water partition coefficient (Wildman–Crippen LogP) is 5.94. The second-order valence-corrected chi connectivity index (χ2v) is 7.47. The summed E-state index contributed by atoms with van der Waals surface area (Å²) in [6.45, 7) is 2.00. The third kappa shape index (κ3) is 4.15. The van der Waals surface area contributed by atoms with Gasteiger partial charge in [-0.15, -0.1) is 11.8 Å². The molecule has 0 fully saturated rings. The molecular weight excluding hydrogens is 377 g/mol. The van der Waals surface area contributed by atoms with E-state index >= 15 is 0 Å². The highest BCUT2D eigenvalue weighted by Crippen LogP contribution is 2.41. The first-order valence-corrected chi connectivity index (χ1v) is 8.53. The lowest BCUT2D eigenvalue weighted by Gasteiger charge is -2.21. The summed E-state index contributed by atoms with van der Waals surface area (Å²) in [5.74, 6) is 0. The summed E-state index contributed by atoms with van der Waals surface area (Å²) in [7, 11) is 0. The topological polar surface area (TPSA) is 26.0 Å². The van der Waals surface area contributed by atoms with Crippen LogP contribution in [0.25, 0.3) is 0 Å². The van der Waals surface area contributed by atoms with Crippen molar-refractivity contribution in [3.63, 3.8) is 0 Å². The summed E-state index contributed by atoms with van der Waals surface area (Å²) in [5.41, 5.74) is 7.30. The van der Waals surface area contributed by atoms with Crippen molar-refractivity contribution in [1.82, 2.24) is 0 Å². The molecule has 5 heteroatoms. The average Bonchev–Trinajstić information content (AvgIpc) is 2.40. The molecule has 0 saturated carbocycles. The molecule has 0 heterocycles. The van der Waals surface area contributed by atoms with Gasteiger partial charge in [0.1, 0.15) is 0 Å². The van der Waals surface area contributed by atoms with Crippen LogP contribution in [0.5, 0.6) is 0 Å². The second-order valence-electron chi connectivity index (χ2n) is 4.52. The van der Waals surface area contributed by atoms with E-state index in [0.29, 0.717) is 10.0 Å². The minimum atomic E-state index is -0.00350. The average molecular weight is 391 g/mol. The molecule has 0 saturated heterocycles. The SMILES string of the molecule is CC(N)C(Sc1cc(Cl)ccc1Cl)c1ccc(Br)cc1. The van der Waals surface area contributed by atoms with E-state index in [-0.39, 0.29) is 11.3 Å². The zero-order chi connectivity index (χ0) is 14.7. The van der Waals surface area contributed by atoms with E-state index in [0.717, 1.165) is 9.37 Å². The van der Waals surface area contributed by atoms with Crippen molar-refractivity contribution in [2.45, 2.75) is 23.1 Å². The van der Waals surface area contributed by atoms with E-state index in [4.69, 9.17) is 28.9 Å². The van der Waals surface area contributed by atoms with Crippen LogP contribution in [0.15, 0.2) is 51.8 Å². The van der Waals surface area contributed by atoms with Gasteiger partial charge in [0.2, 0.25) is 0 Å². The largest absolute Gasteiger partial charge is 0.327 e. The molecular formula is C15H14BrCl2NS.